The van der Waals surface area contributed by atoms with E-state index in [1.165, 1.54) is 12.7 Å². The first-order chi connectivity index (χ1) is 11.2. The van der Waals surface area contributed by atoms with Crippen LogP contribution in [0.1, 0.15) is 11.1 Å². The molecule has 6 heteroatoms. The van der Waals surface area contributed by atoms with E-state index in [1.54, 1.807) is 4.57 Å². The second-order valence-corrected chi connectivity index (χ2v) is 5.83. The van der Waals surface area contributed by atoms with Gasteiger partial charge in [-0.1, -0.05) is 18.2 Å². The Hall–Kier alpha value is -2.18. The molecule has 1 aromatic heterocycles. The van der Waals surface area contributed by atoms with Crippen molar-refractivity contribution in [3.05, 3.63) is 45.9 Å². The van der Waals surface area contributed by atoms with E-state index in [2.05, 4.69) is 17.1 Å². The Morgan fingerprint density at radius 1 is 1.35 bits per heavy atom. The number of rotatable bonds is 4. The third kappa shape index (κ3) is 2.64. The van der Waals surface area contributed by atoms with Crippen molar-refractivity contribution in [1.29, 1.82) is 0 Å². The van der Waals surface area contributed by atoms with Crippen molar-refractivity contribution in [2.24, 2.45) is 0 Å². The van der Waals surface area contributed by atoms with Crippen molar-refractivity contribution in [2.75, 3.05) is 20.3 Å². The maximum atomic E-state index is 12.1. The van der Waals surface area contributed by atoms with Crippen molar-refractivity contribution in [2.45, 2.75) is 25.7 Å². The fraction of sp³-hybridized carbons (Fsp3) is 0.412. The predicted molar refractivity (Wildman–Crippen MR) is 83.6 cm³/mol. The fourth-order valence-corrected chi connectivity index (χ4v) is 2.98. The molecule has 0 N–H and O–H groups in total. The van der Waals surface area contributed by atoms with Gasteiger partial charge in [0.2, 0.25) is 5.88 Å². The Morgan fingerprint density at radius 3 is 2.96 bits per heavy atom. The summed E-state index contributed by atoms with van der Waals surface area (Å²) in [5.74, 6) is 0.353. The first kappa shape index (κ1) is 14.4. The zero-order valence-electron chi connectivity index (χ0n) is 12.9. The topological polar surface area (TPSA) is 62.6 Å². The lowest BCUT2D eigenvalue weighted by atomic mass is 9.96. The second-order valence-electron chi connectivity index (χ2n) is 5.83. The Morgan fingerprint density at radius 2 is 2.22 bits per heavy atom. The minimum Gasteiger partial charge on any atom is -0.481 e. The number of aromatic nitrogens is 2. The van der Waals surface area contributed by atoms with Gasteiger partial charge in [-0.15, -0.1) is 0 Å². The fourth-order valence-electron chi connectivity index (χ4n) is 2.98. The van der Waals surface area contributed by atoms with Crippen LogP contribution >= 0.6 is 0 Å². The van der Waals surface area contributed by atoms with Crippen LogP contribution in [0.2, 0.25) is 0 Å². The Labute approximate surface area is 133 Å². The lowest BCUT2D eigenvalue weighted by Gasteiger charge is -2.26. The van der Waals surface area contributed by atoms with Gasteiger partial charge in [-0.2, -0.15) is 4.98 Å². The molecule has 0 amide bonds. The lowest BCUT2D eigenvalue weighted by Crippen LogP contribution is -2.35. The minimum atomic E-state index is -0.262. The largest absolute Gasteiger partial charge is 0.481 e. The normalized spacial score (nSPS) is 16.4. The van der Waals surface area contributed by atoms with Gasteiger partial charge in [-0.05, 0) is 17.5 Å². The van der Waals surface area contributed by atoms with Crippen LogP contribution in [0.25, 0.3) is 11.3 Å². The summed E-state index contributed by atoms with van der Waals surface area (Å²) in [6, 6.07) is 8.08. The van der Waals surface area contributed by atoms with Gasteiger partial charge in [0.05, 0.1) is 32.6 Å². The van der Waals surface area contributed by atoms with Gasteiger partial charge in [0, 0.05) is 18.2 Å². The van der Waals surface area contributed by atoms with Crippen molar-refractivity contribution in [1.82, 2.24) is 9.55 Å². The highest BCUT2D eigenvalue weighted by Gasteiger charge is 2.21. The first-order valence-electron chi connectivity index (χ1n) is 7.72. The smallest absolute Gasteiger partial charge is 0.351 e. The molecule has 3 heterocycles. The van der Waals surface area contributed by atoms with Crippen LogP contribution in [0.5, 0.6) is 5.88 Å². The van der Waals surface area contributed by atoms with E-state index in [0.29, 0.717) is 32.2 Å². The molecule has 0 saturated carbocycles. The highest BCUT2D eigenvalue weighted by Crippen LogP contribution is 2.30. The second kappa shape index (κ2) is 5.79. The zero-order chi connectivity index (χ0) is 15.8. The van der Waals surface area contributed by atoms with Crippen LogP contribution in [0.3, 0.4) is 0 Å². The number of methoxy groups -OCH3 is 1. The number of ether oxygens (including phenoxy) is 3. The summed E-state index contributed by atoms with van der Waals surface area (Å²) >= 11 is 0. The molecule has 1 aromatic carbocycles. The molecule has 0 bridgehead atoms. The Kier molecular flexibility index (Phi) is 3.63. The van der Waals surface area contributed by atoms with E-state index < -0.39 is 0 Å². The molecule has 0 radical (unpaired) electrons. The van der Waals surface area contributed by atoms with Crippen molar-refractivity contribution in [3.63, 3.8) is 0 Å². The molecule has 0 spiro atoms. The molecule has 0 unspecified atom stereocenters. The molecule has 2 aliphatic rings. The first-order valence-corrected chi connectivity index (χ1v) is 7.72. The van der Waals surface area contributed by atoms with Crippen LogP contribution in [0.15, 0.2) is 29.1 Å². The highest BCUT2D eigenvalue weighted by molar-refractivity contribution is 5.67. The van der Waals surface area contributed by atoms with Crippen molar-refractivity contribution < 1.29 is 14.2 Å². The van der Waals surface area contributed by atoms with E-state index in [4.69, 9.17) is 14.2 Å². The molecule has 4 rings (SSSR count). The standard InChI is InChI=1S/C17H18N2O4/c1-21-16-7-15-14-3-2-11(8-23-13-9-22-10-13)6-12(14)4-5-19(15)17(20)18-16/h2-3,6-7,13H,4-5,8-10H2,1H3. The minimum absolute atomic E-state index is 0.223. The molecule has 23 heavy (non-hydrogen) atoms. The summed E-state index contributed by atoms with van der Waals surface area (Å²) in [6.07, 6.45) is 1.04. The van der Waals surface area contributed by atoms with Crippen LogP contribution in [0, 0.1) is 0 Å². The molecular formula is C17H18N2O4. The summed E-state index contributed by atoms with van der Waals surface area (Å²) in [5, 5.41) is 0. The van der Waals surface area contributed by atoms with Gasteiger partial charge in [-0.3, -0.25) is 4.57 Å². The lowest BCUT2D eigenvalue weighted by molar-refractivity contribution is -0.135. The van der Waals surface area contributed by atoms with Crippen LogP contribution in [0.4, 0.5) is 0 Å². The third-order valence-electron chi connectivity index (χ3n) is 4.34. The number of hydrogen-bond donors (Lipinski definition) is 0. The molecule has 6 nitrogen and oxygen atoms in total. The quantitative estimate of drug-likeness (QED) is 0.853. The predicted octanol–water partition coefficient (Wildman–Crippen LogP) is 1.39. The summed E-state index contributed by atoms with van der Waals surface area (Å²) in [6.45, 7) is 2.61. The van der Waals surface area contributed by atoms with Gasteiger partial charge in [0.15, 0.2) is 0 Å². The maximum absolute atomic E-state index is 12.1. The summed E-state index contributed by atoms with van der Waals surface area (Å²) in [7, 11) is 1.52. The molecule has 1 saturated heterocycles. The maximum Gasteiger partial charge on any atom is 0.351 e. The molecule has 0 aliphatic carbocycles. The summed E-state index contributed by atoms with van der Waals surface area (Å²) < 4.78 is 17.7. The molecular weight excluding hydrogens is 296 g/mol. The van der Waals surface area contributed by atoms with Crippen molar-refractivity contribution in [3.8, 4) is 17.1 Å². The van der Waals surface area contributed by atoms with Gasteiger partial charge < -0.3 is 14.2 Å². The molecule has 120 valence electrons. The molecule has 0 atom stereocenters. The number of fused-ring (bicyclic) bond motifs is 3. The number of benzene rings is 1. The number of hydrogen-bond acceptors (Lipinski definition) is 5. The van der Waals surface area contributed by atoms with Gasteiger partial charge in [0.25, 0.3) is 0 Å². The Bertz CT molecular complexity index is 796. The van der Waals surface area contributed by atoms with Crippen LogP contribution < -0.4 is 10.4 Å². The average Bonchev–Trinajstić information content (AvgIpc) is 2.52. The molecule has 2 aromatic rings. The molecule has 1 fully saturated rings. The summed E-state index contributed by atoms with van der Waals surface area (Å²) in [5.41, 5.74) is 4.03. The monoisotopic (exact) mass is 314 g/mol. The van der Waals surface area contributed by atoms with Gasteiger partial charge in [-0.25, -0.2) is 4.79 Å². The highest BCUT2D eigenvalue weighted by atomic mass is 16.6. The van der Waals surface area contributed by atoms with E-state index in [0.717, 1.165) is 23.2 Å². The van der Waals surface area contributed by atoms with Gasteiger partial charge in [0.1, 0.15) is 6.10 Å². The number of aryl methyl sites for hydroxylation is 1. The summed E-state index contributed by atoms with van der Waals surface area (Å²) in [4.78, 5) is 16.0. The van der Waals surface area contributed by atoms with E-state index >= 15 is 0 Å². The molecule has 2 aliphatic heterocycles. The van der Waals surface area contributed by atoms with Crippen molar-refractivity contribution >= 4 is 0 Å². The van der Waals surface area contributed by atoms with E-state index in [9.17, 15) is 4.79 Å². The van der Waals surface area contributed by atoms with Gasteiger partial charge >= 0.3 is 5.69 Å². The zero-order valence-corrected chi connectivity index (χ0v) is 12.9. The van der Waals surface area contributed by atoms with E-state index in [-0.39, 0.29) is 11.8 Å². The van der Waals surface area contributed by atoms with Crippen LogP contribution in [-0.4, -0.2) is 36.0 Å². The Balaban J connectivity index is 1.65. The number of nitrogens with zero attached hydrogens (tertiary/aromatic N) is 2. The van der Waals surface area contributed by atoms with Crippen LogP contribution in [-0.2, 0) is 29.0 Å². The SMILES string of the molecule is COc1cc2n(c(=O)n1)CCc1cc(COC3COC3)ccc1-2. The third-order valence-corrected chi connectivity index (χ3v) is 4.34. The van der Waals surface area contributed by atoms with E-state index in [1.807, 2.05) is 12.1 Å². The average molecular weight is 314 g/mol.